The highest BCUT2D eigenvalue weighted by Crippen LogP contribution is 2.34. The molecule has 11 heteroatoms. The number of fused-ring (bicyclic) bond motifs is 2. The van der Waals surface area contributed by atoms with Crippen LogP contribution in [-0.4, -0.2) is 52.5 Å². The topological polar surface area (TPSA) is 151 Å². The molecule has 3 aromatic rings. The molecule has 5 rings (SSSR count). The standard InChI is InChI=1S/C21H16N4O7/c1-31-11-3-2-10-8-25(17(26)12(10)6-11)9-21(19(29)23-20(30)24-21)16-7-14-15(32-16)5-4-13(22-14)18(27)28/h2-7H,8-9H2,1H3,(H,27,28)(H2,23,24,29,30). The quantitative estimate of drug-likeness (QED) is 0.505. The Morgan fingerprint density at radius 1 is 1.25 bits per heavy atom. The number of hydrogen-bond donors (Lipinski definition) is 3. The Morgan fingerprint density at radius 3 is 2.75 bits per heavy atom. The number of benzene rings is 1. The molecule has 0 radical (unpaired) electrons. The summed E-state index contributed by atoms with van der Waals surface area (Å²) in [4.78, 5) is 54.6. The summed E-state index contributed by atoms with van der Waals surface area (Å²) < 4.78 is 11.0. The molecule has 2 aliphatic heterocycles. The molecule has 0 spiro atoms. The number of hydrogen-bond acceptors (Lipinski definition) is 7. The van der Waals surface area contributed by atoms with Gasteiger partial charge < -0.3 is 24.5 Å². The lowest BCUT2D eigenvalue weighted by Crippen LogP contribution is -2.52. The number of carbonyl (C=O) groups is 4. The molecule has 32 heavy (non-hydrogen) atoms. The zero-order valence-corrected chi connectivity index (χ0v) is 16.7. The lowest BCUT2D eigenvalue weighted by Gasteiger charge is -2.28. The molecule has 4 heterocycles. The highest BCUT2D eigenvalue weighted by molar-refractivity contribution is 6.08. The number of nitrogens with zero attached hydrogens (tertiary/aromatic N) is 2. The van der Waals surface area contributed by atoms with Gasteiger partial charge >= 0.3 is 12.0 Å². The summed E-state index contributed by atoms with van der Waals surface area (Å²) in [6.45, 7) is 0.0245. The number of urea groups is 1. The average Bonchev–Trinajstić information content (AvgIpc) is 3.41. The van der Waals surface area contributed by atoms with Crippen LogP contribution < -0.4 is 15.4 Å². The second kappa shape index (κ2) is 6.80. The monoisotopic (exact) mass is 436 g/mol. The van der Waals surface area contributed by atoms with E-state index in [4.69, 9.17) is 14.3 Å². The number of methoxy groups -OCH3 is 1. The molecule has 3 N–H and O–H groups in total. The number of amides is 4. The fourth-order valence-electron chi connectivity index (χ4n) is 3.99. The fraction of sp³-hybridized carbons (Fsp3) is 0.190. The van der Waals surface area contributed by atoms with Gasteiger partial charge in [-0.3, -0.25) is 14.9 Å². The third-order valence-electron chi connectivity index (χ3n) is 5.58. The van der Waals surface area contributed by atoms with Gasteiger partial charge in [-0.15, -0.1) is 0 Å². The van der Waals surface area contributed by atoms with Gasteiger partial charge in [0.25, 0.3) is 11.8 Å². The van der Waals surface area contributed by atoms with Gasteiger partial charge in [0.15, 0.2) is 11.1 Å². The van der Waals surface area contributed by atoms with Crippen molar-refractivity contribution in [3.8, 4) is 5.75 Å². The molecular formula is C21H16N4O7. The maximum atomic E-state index is 13.0. The van der Waals surface area contributed by atoms with Crippen molar-refractivity contribution in [2.24, 2.45) is 0 Å². The minimum Gasteiger partial charge on any atom is -0.497 e. The van der Waals surface area contributed by atoms with E-state index in [1.807, 2.05) is 0 Å². The predicted molar refractivity (Wildman–Crippen MR) is 107 cm³/mol. The van der Waals surface area contributed by atoms with Gasteiger partial charge in [0, 0.05) is 18.2 Å². The van der Waals surface area contributed by atoms with Gasteiger partial charge in [-0.25, -0.2) is 14.6 Å². The van der Waals surface area contributed by atoms with E-state index in [0.29, 0.717) is 11.3 Å². The second-order valence-electron chi connectivity index (χ2n) is 7.49. The molecule has 0 saturated carbocycles. The lowest BCUT2D eigenvalue weighted by atomic mass is 9.95. The van der Waals surface area contributed by atoms with E-state index in [0.717, 1.165) is 5.56 Å². The molecule has 1 saturated heterocycles. The number of ether oxygens (including phenoxy) is 1. The minimum absolute atomic E-state index is 0.0345. The van der Waals surface area contributed by atoms with E-state index < -0.39 is 23.4 Å². The number of furan rings is 1. The number of carboxylic acids is 1. The summed E-state index contributed by atoms with van der Waals surface area (Å²) in [5.41, 5.74) is -0.260. The summed E-state index contributed by atoms with van der Waals surface area (Å²) in [5, 5.41) is 13.9. The van der Waals surface area contributed by atoms with Crippen LogP contribution in [0.2, 0.25) is 0 Å². The molecular weight excluding hydrogens is 420 g/mol. The Balaban J connectivity index is 1.55. The number of aromatic nitrogens is 1. The van der Waals surface area contributed by atoms with Gasteiger partial charge in [0.2, 0.25) is 0 Å². The van der Waals surface area contributed by atoms with Crippen molar-refractivity contribution in [2.45, 2.75) is 12.1 Å². The largest absolute Gasteiger partial charge is 0.497 e. The Morgan fingerprint density at radius 2 is 2.06 bits per heavy atom. The van der Waals surface area contributed by atoms with Crippen LogP contribution in [0.15, 0.2) is 40.8 Å². The molecule has 0 bridgehead atoms. The van der Waals surface area contributed by atoms with Gasteiger partial charge in [0.1, 0.15) is 22.7 Å². The number of carbonyl (C=O) groups excluding carboxylic acids is 3. The van der Waals surface area contributed by atoms with Crippen molar-refractivity contribution >= 4 is 34.9 Å². The van der Waals surface area contributed by atoms with Crippen molar-refractivity contribution in [1.29, 1.82) is 0 Å². The van der Waals surface area contributed by atoms with Gasteiger partial charge in [-0.2, -0.15) is 0 Å². The Bertz CT molecular complexity index is 1330. The average molecular weight is 436 g/mol. The van der Waals surface area contributed by atoms with Crippen molar-refractivity contribution in [1.82, 2.24) is 20.5 Å². The molecule has 11 nitrogen and oxygen atoms in total. The lowest BCUT2D eigenvalue weighted by molar-refractivity contribution is -0.125. The first-order chi connectivity index (χ1) is 15.3. The molecule has 0 aliphatic carbocycles. The SMILES string of the molecule is COc1ccc2c(c1)C(=O)N(CC1(c3cc4nc(C(=O)O)ccc4o3)NC(=O)NC1=O)C2. The predicted octanol–water partition coefficient (Wildman–Crippen LogP) is 1.23. The van der Waals surface area contributed by atoms with Gasteiger partial charge in [-0.1, -0.05) is 6.07 Å². The summed E-state index contributed by atoms with van der Waals surface area (Å²) in [5.74, 6) is -1.67. The number of aromatic carboxylic acids is 1. The van der Waals surface area contributed by atoms with E-state index >= 15 is 0 Å². The number of nitrogens with one attached hydrogen (secondary N) is 2. The summed E-state index contributed by atoms with van der Waals surface area (Å²) in [7, 11) is 1.50. The zero-order chi connectivity index (χ0) is 22.6. The van der Waals surface area contributed by atoms with Crippen LogP contribution in [0, 0.1) is 0 Å². The Kier molecular flexibility index (Phi) is 4.16. The van der Waals surface area contributed by atoms with Crippen molar-refractivity contribution in [3.05, 3.63) is 59.0 Å². The van der Waals surface area contributed by atoms with Crippen LogP contribution in [0.5, 0.6) is 5.75 Å². The maximum absolute atomic E-state index is 13.0. The number of pyridine rings is 1. The first kappa shape index (κ1) is 19.5. The van der Waals surface area contributed by atoms with Crippen LogP contribution >= 0.6 is 0 Å². The van der Waals surface area contributed by atoms with Crippen LogP contribution in [0.25, 0.3) is 11.1 Å². The maximum Gasteiger partial charge on any atom is 0.354 e. The summed E-state index contributed by atoms with van der Waals surface area (Å²) >= 11 is 0. The van der Waals surface area contributed by atoms with Crippen molar-refractivity contribution < 1.29 is 33.4 Å². The molecule has 4 amide bonds. The smallest absolute Gasteiger partial charge is 0.354 e. The highest BCUT2D eigenvalue weighted by atomic mass is 16.5. The first-order valence-electron chi connectivity index (χ1n) is 9.55. The van der Waals surface area contributed by atoms with E-state index in [1.54, 1.807) is 18.2 Å². The highest BCUT2D eigenvalue weighted by Gasteiger charge is 2.53. The van der Waals surface area contributed by atoms with E-state index in [1.165, 1.54) is 30.2 Å². The Hall–Kier alpha value is -4.41. The molecule has 1 aromatic carbocycles. The summed E-state index contributed by atoms with van der Waals surface area (Å²) in [6, 6.07) is 8.47. The molecule has 2 aromatic heterocycles. The van der Waals surface area contributed by atoms with Crippen molar-refractivity contribution in [2.75, 3.05) is 13.7 Å². The minimum atomic E-state index is -1.71. The van der Waals surface area contributed by atoms with Crippen molar-refractivity contribution in [3.63, 3.8) is 0 Å². The van der Waals surface area contributed by atoms with E-state index in [2.05, 4.69) is 15.6 Å². The third kappa shape index (κ3) is 2.86. The molecule has 1 unspecified atom stereocenters. The zero-order valence-electron chi connectivity index (χ0n) is 16.7. The molecule has 1 atom stereocenters. The second-order valence-corrected chi connectivity index (χ2v) is 7.49. The third-order valence-corrected chi connectivity index (χ3v) is 5.58. The van der Waals surface area contributed by atoms with E-state index in [9.17, 15) is 19.2 Å². The molecule has 162 valence electrons. The summed E-state index contributed by atoms with van der Waals surface area (Å²) in [6.07, 6.45) is 0. The number of imide groups is 1. The van der Waals surface area contributed by atoms with Crippen LogP contribution in [0.1, 0.15) is 32.2 Å². The van der Waals surface area contributed by atoms with Crippen LogP contribution in [0.4, 0.5) is 4.79 Å². The first-order valence-corrected chi connectivity index (χ1v) is 9.55. The normalized spacial score (nSPS) is 19.8. The van der Waals surface area contributed by atoms with Gasteiger partial charge in [0.05, 0.1) is 13.7 Å². The molecule has 1 fully saturated rings. The van der Waals surface area contributed by atoms with Crippen LogP contribution in [-0.2, 0) is 16.9 Å². The number of carboxylic acid groups (broad SMARTS) is 1. The van der Waals surface area contributed by atoms with E-state index in [-0.39, 0.29) is 41.6 Å². The van der Waals surface area contributed by atoms with Crippen LogP contribution in [0.3, 0.4) is 0 Å². The number of rotatable bonds is 5. The fourth-order valence-corrected chi connectivity index (χ4v) is 3.99. The molecule has 2 aliphatic rings. The Labute approximate surface area is 180 Å². The van der Waals surface area contributed by atoms with Gasteiger partial charge in [-0.05, 0) is 29.8 Å².